The number of piperidine rings is 1. The Morgan fingerprint density at radius 1 is 1.45 bits per heavy atom. The van der Waals surface area contributed by atoms with E-state index >= 15 is 0 Å². The van der Waals surface area contributed by atoms with Crippen molar-refractivity contribution in [1.82, 2.24) is 15.5 Å². The molecule has 0 saturated carbocycles. The van der Waals surface area contributed by atoms with E-state index in [1.807, 2.05) is 0 Å². The van der Waals surface area contributed by atoms with Crippen molar-refractivity contribution >= 4 is 33.8 Å². The summed E-state index contributed by atoms with van der Waals surface area (Å²) in [6, 6.07) is 1.06. The van der Waals surface area contributed by atoms with Crippen LogP contribution >= 0.6 is 15.9 Å². The van der Waals surface area contributed by atoms with E-state index in [0.717, 1.165) is 0 Å². The minimum Gasteiger partial charge on any atom is -0.457 e. The highest BCUT2D eigenvalue weighted by Gasteiger charge is 2.49. The maximum absolute atomic E-state index is 12.4. The highest BCUT2D eigenvalue weighted by molar-refractivity contribution is 9.10. The molecule has 1 unspecified atom stereocenters. The summed E-state index contributed by atoms with van der Waals surface area (Å²) in [6.45, 7) is 0.711. The predicted octanol–water partition coefficient (Wildman–Crippen LogP) is 0.856. The molecule has 1 atom stereocenters. The van der Waals surface area contributed by atoms with E-state index in [0.29, 0.717) is 29.6 Å². The van der Waals surface area contributed by atoms with Gasteiger partial charge in [-0.3, -0.25) is 14.9 Å². The molecule has 0 aliphatic carbocycles. The van der Waals surface area contributed by atoms with E-state index in [1.165, 1.54) is 6.26 Å². The van der Waals surface area contributed by atoms with Crippen LogP contribution < -0.4 is 10.6 Å². The molecule has 3 rings (SSSR count). The van der Waals surface area contributed by atoms with Crippen LogP contribution in [-0.2, 0) is 4.79 Å². The molecule has 7 nitrogen and oxygen atoms in total. The highest BCUT2D eigenvalue weighted by Crippen LogP contribution is 2.27. The monoisotopic (exact) mass is 341 g/mol. The van der Waals surface area contributed by atoms with Crippen molar-refractivity contribution in [2.75, 3.05) is 13.1 Å². The molecule has 0 aromatic carbocycles. The average Bonchev–Trinajstić information content (AvgIpc) is 2.94. The van der Waals surface area contributed by atoms with Crippen molar-refractivity contribution in [3.63, 3.8) is 0 Å². The number of carbonyl (C=O) groups excluding carboxylic acids is 3. The van der Waals surface area contributed by atoms with Gasteiger partial charge in [-0.2, -0.15) is 0 Å². The Hall–Kier alpha value is -1.83. The smallest absolute Gasteiger partial charge is 0.322 e. The summed E-state index contributed by atoms with van der Waals surface area (Å²) < 4.78 is 5.41. The number of nitrogens with one attached hydrogen (secondary N) is 2. The number of carbonyl (C=O) groups is 3. The average molecular weight is 342 g/mol. The number of halogens is 1. The van der Waals surface area contributed by atoms with Crippen LogP contribution in [0.15, 0.2) is 21.4 Å². The zero-order chi connectivity index (χ0) is 14.3. The topological polar surface area (TPSA) is 91.7 Å². The Morgan fingerprint density at radius 3 is 2.85 bits per heavy atom. The summed E-state index contributed by atoms with van der Waals surface area (Å²) in [5, 5.41) is 4.86. The van der Waals surface area contributed by atoms with Gasteiger partial charge in [-0.1, -0.05) is 0 Å². The van der Waals surface area contributed by atoms with E-state index < -0.39 is 11.6 Å². The second-order valence-corrected chi connectivity index (χ2v) is 5.65. The third-order valence-corrected chi connectivity index (χ3v) is 4.26. The molecular weight excluding hydrogens is 330 g/mol. The minimum atomic E-state index is -0.999. The Morgan fingerprint density at radius 2 is 2.25 bits per heavy atom. The number of nitrogens with zero attached hydrogens (tertiary/aromatic N) is 1. The molecule has 2 fully saturated rings. The molecule has 8 heteroatoms. The molecule has 20 heavy (non-hydrogen) atoms. The lowest BCUT2D eigenvalue weighted by Crippen LogP contribution is -2.59. The lowest BCUT2D eigenvalue weighted by molar-refractivity contribution is -0.125. The van der Waals surface area contributed by atoms with Gasteiger partial charge in [-0.15, -0.1) is 0 Å². The first kappa shape index (κ1) is 13.2. The van der Waals surface area contributed by atoms with Gasteiger partial charge < -0.3 is 14.6 Å². The largest absolute Gasteiger partial charge is 0.457 e. The van der Waals surface area contributed by atoms with Crippen molar-refractivity contribution in [2.45, 2.75) is 18.4 Å². The van der Waals surface area contributed by atoms with Gasteiger partial charge in [0.1, 0.15) is 5.54 Å². The molecule has 4 amide bonds. The maximum atomic E-state index is 12.4. The van der Waals surface area contributed by atoms with E-state index in [-0.39, 0.29) is 18.4 Å². The quantitative estimate of drug-likeness (QED) is 0.741. The van der Waals surface area contributed by atoms with Gasteiger partial charge >= 0.3 is 6.03 Å². The predicted molar refractivity (Wildman–Crippen MR) is 71.0 cm³/mol. The van der Waals surface area contributed by atoms with E-state index in [1.54, 1.807) is 11.0 Å². The fourth-order valence-corrected chi connectivity index (χ4v) is 3.07. The lowest BCUT2D eigenvalue weighted by atomic mass is 9.89. The van der Waals surface area contributed by atoms with E-state index in [9.17, 15) is 14.4 Å². The number of likely N-dealkylation sites (tertiary alicyclic amines) is 1. The highest BCUT2D eigenvalue weighted by atomic mass is 79.9. The van der Waals surface area contributed by atoms with Gasteiger partial charge in [-0.05, 0) is 34.8 Å². The number of furan rings is 1. The van der Waals surface area contributed by atoms with Crippen LogP contribution in [0.5, 0.6) is 0 Å². The maximum Gasteiger partial charge on any atom is 0.322 e. The molecule has 2 saturated heterocycles. The third kappa shape index (κ3) is 2.00. The molecule has 2 aliphatic heterocycles. The van der Waals surface area contributed by atoms with Gasteiger partial charge in [-0.25, -0.2) is 4.79 Å². The second kappa shape index (κ2) is 4.62. The zero-order valence-corrected chi connectivity index (χ0v) is 12.0. The van der Waals surface area contributed by atoms with Gasteiger partial charge in [0.2, 0.25) is 0 Å². The van der Waals surface area contributed by atoms with Crippen LogP contribution in [0.2, 0.25) is 0 Å². The van der Waals surface area contributed by atoms with Crippen LogP contribution in [0.3, 0.4) is 0 Å². The Kier molecular flexibility index (Phi) is 3.04. The molecule has 0 radical (unpaired) electrons. The fourth-order valence-electron chi connectivity index (χ4n) is 2.66. The molecule has 2 aliphatic rings. The number of hydrogen-bond donors (Lipinski definition) is 2. The molecule has 1 spiro atoms. The standard InChI is InChI=1S/C12H12BrN3O4/c13-8-7(2-5-20-8)9(17)16-4-1-3-12(6-16)10(18)14-11(19)15-12/h2,5H,1,3-4,6H2,(H2,14,15,18,19). The molecule has 1 aromatic heterocycles. The third-order valence-electron chi connectivity index (χ3n) is 3.64. The normalized spacial score (nSPS) is 25.8. The molecule has 1 aromatic rings. The van der Waals surface area contributed by atoms with Gasteiger partial charge in [0, 0.05) is 6.54 Å². The molecule has 106 valence electrons. The Bertz CT molecular complexity index is 599. The second-order valence-electron chi connectivity index (χ2n) is 4.93. The van der Waals surface area contributed by atoms with E-state index in [2.05, 4.69) is 26.6 Å². The van der Waals surface area contributed by atoms with Crippen molar-refractivity contribution in [1.29, 1.82) is 0 Å². The molecule has 2 N–H and O–H groups in total. The van der Waals surface area contributed by atoms with Crippen molar-refractivity contribution in [3.8, 4) is 0 Å². The summed E-state index contributed by atoms with van der Waals surface area (Å²) in [5.41, 5.74) is -0.590. The zero-order valence-electron chi connectivity index (χ0n) is 10.4. The number of amides is 4. The Labute approximate surface area is 122 Å². The molecule has 3 heterocycles. The fraction of sp³-hybridized carbons (Fsp3) is 0.417. The molecule has 0 bridgehead atoms. The van der Waals surface area contributed by atoms with Gasteiger partial charge in [0.05, 0.1) is 18.4 Å². The van der Waals surface area contributed by atoms with Crippen molar-refractivity contribution < 1.29 is 18.8 Å². The minimum absolute atomic E-state index is 0.168. The first-order valence-electron chi connectivity index (χ1n) is 6.18. The number of hydrogen-bond acceptors (Lipinski definition) is 4. The molecular formula is C12H12BrN3O4. The van der Waals surface area contributed by atoms with Crippen LogP contribution in [0, 0.1) is 0 Å². The van der Waals surface area contributed by atoms with Crippen LogP contribution in [0.4, 0.5) is 4.79 Å². The number of urea groups is 1. The number of rotatable bonds is 1. The van der Waals surface area contributed by atoms with Crippen LogP contribution in [-0.4, -0.2) is 41.4 Å². The van der Waals surface area contributed by atoms with Crippen LogP contribution in [0.25, 0.3) is 0 Å². The van der Waals surface area contributed by atoms with Gasteiger partial charge in [0.25, 0.3) is 11.8 Å². The van der Waals surface area contributed by atoms with Crippen LogP contribution in [0.1, 0.15) is 23.2 Å². The van der Waals surface area contributed by atoms with Gasteiger partial charge in [0.15, 0.2) is 4.67 Å². The summed E-state index contributed by atoms with van der Waals surface area (Å²) in [7, 11) is 0. The van der Waals surface area contributed by atoms with Crippen molar-refractivity contribution in [2.24, 2.45) is 0 Å². The Balaban J connectivity index is 1.82. The van der Waals surface area contributed by atoms with Crippen molar-refractivity contribution in [3.05, 3.63) is 22.6 Å². The lowest BCUT2D eigenvalue weighted by Gasteiger charge is -2.37. The summed E-state index contributed by atoms with van der Waals surface area (Å²) in [5.74, 6) is -0.593. The first-order chi connectivity index (χ1) is 9.52. The summed E-state index contributed by atoms with van der Waals surface area (Å²) >= 11 is 3.17. The number of imide groups is 1. The summed E-state index contributed by atoms with van der Waals surface area (Å²) in [4.78, 5) is 37.2. The van der Waals surface area contributed by atoms with E-state index in [4.69, 9.17) is 4.42 Å². The SMILES string of the molecule is O=C1NC(=O)C2(CCCN(C(=O)c3ccoc3Br)C2)N1. The summed E-state index contributed by atoms with van der Waals surface area (Å²) in [6.07, 6.45) is 2.59. The first-order valence-corrected chi connectivity index (χ1v) is 6.97.